The highest BCUT2D eigenvalue weighted by Gasteiger charge is 2.12. The molecular formula is C16H12FNO2S. The van der Waals surface area contributed by atoms with E-state index in [1.807, 2.05) is 13.0 Å². The molecule has 0 atom stereocenters. The molecule has 1 amide bonds. The largest absolute Gasteiger partial charge is 0.464 e. The molecule has 0 aliphatic heterocycles. The molecule has 0 bridgehead atoms. The van der Waals surface area contributed by atoms with Crippen molar-refractivity contribution in [1.29, 1.82) is 0 Å². The fourth-order valence-electron chi connectivity index (χ4n) is 1.96. The second-order valence-corrected chi connectivity index (χ2v) is 5.82. The van der Waals surface area contributed by atoms with Crippen molar-refractivity contribution in [2.75, 3.05) is 5.32 Å². The molecule has 0 spiro atoms. The number of furan rings is 1. The number of hydrogen-bond donors (Lipinski definition) is 1. The maximum atomic E-state index is 13.9. The fraction of sp³-hybridized carbons (Fsp3) is 0.0625. The van der Waals surface area contributed by atoms with Gasteiger partial charge in [0.25, 0.3) is 5.91 Å². The Bertz CT molecular complexity index is 777. The maximum Gasteiger partial charge on any atom is 0.265 e. The van der Waals surface area contributed by atoms with E-state index in [2.05, 4.69) is 5.32 Å². The van der Waals surface area contributed by atoms with E-state index in [4.69, 9.17) is 4.42 Å². The van der Waals surface area contributed by atoms with Gasteiger partial charge in [-0.2, -0.15) is 0 Å². The van der Waals surface area contributed by atoms with Gasteiger partial charge in [-0.25, -0.2) is 4.39 Å². The third-order valence-corrected chi connectivity index (χ3v) is 3.98. The lowest BCUT2D eigenvalue weighted by atomic mass is 10.1. The molecule has 21 heavy (non-hydrogen) atoms. The molecule has 5 heteroatoms. The number of carbonyl (C=O) groups is 1. The lowest BCUT2D eigenvalue weighted by Crippen LogP contribution is -2.11. The predicted molar refractivity (Wildman–Crippen MR) is 81.1 cm³/mol. The van der Waals surface area contributed by atoms with Crippen LogP contribution in [0.4, 0.5) is 10.1 Å². The van der Waals surface area contributed by atoms with Crippen LogP contribution < -0.4 is 5.32 Å². The fourth-order valence-corrected chi connectivity index (χ4v) is 2.72. The topological polar surface area (TPSA) is 42.2 Å². The summed E-state index contributed by atoms with van der Waals surface area (Å²) in [5.41, 5.74) is 0.846. The molecule has 0 aliphatic rings. The van der Waals surface area contributed by atoms with Crippen molar-refractivity contribution in [3.8, 4) is 11.3 Å². The maximum absolute atomic E-state index is 13.9. The summed E-state index contributed by atoms with van der Waals surface area (Å²) < 4.78 is 19.1. The smallest absolute Gasteiger partial charge is 0.265 e. The van der Waals surface area contributed by atoms with Crippen LogP contribution in [-0.4, -0.2) is 5.91 Å². The Kier molecular flexibility index (Phi) is 3.58. The van der Waals surface area contributed by atoms with E-state index in [9.17, 15) is 9.18 Å². The molecule has 3 aromatic rings. The number of nitrogens with one attached hydrogen (secondary N) is 1. The first-order valence-corrected chi connectivity index (χ1v) is 7.16. The van der Waals surface area contributed by atoms with E-state index in [-0.39, 0.29) is 11.6 Å². The van der Waals surface area contributed by atoms with Gasteiger partial charge in [0.05, 0.1) is 16.8 Å². The molecule has 0 saturated heterocycles. The Morgan fingerprint density at radius 1 is 1.24 bits per heavy atom. The quantitative estimate of drug-likeness (QED) is 0.761. The Labute approximate surface area is 125 Å². The highest BCUT2D eigenvalue weighted by Crippen LogP contribution is 2.26. The summed E-state index contributed by atoms with van der Waals surface area (Å²) in [5, 5.41) is 2.60. The third kappa shape index (κ3) is 2.87. The summed E-state index contributed by atoms with van der Waals surface area (Å²) in [6.07, 6.45) is 1.55. The van der Waals surface area contributed by atoms with E-state index in [0.717, 1.165) is 4.88 Å². The minimum Gasteiger partial charge on any atom is -0.464 e. The predicted octanol–water partition coefficient (Wildman–Crippen LogP) is 4.71. The van der Waals surface area contributed by atoms with Crippen LogP contribution in [0.5, 0.6) is 0 Å². The number of thiophene rings is 1. The van der Waals surface area contributed by atoms with Crippen LogP contribution in [0.1, 0.15) is 14.5 Å². The van der Waals surface area contributed by atoms with E-state index < -0.39 is 5.82 Å². The summed E-state index contributed by atoms with van der Waals surface area (Å²) in [6.45, 7) is 1.92. The zero-order chi connectivity index (χ0) is 14.8. The van der Waals surface area contributed by atoms with Crippen molar-refractivity contribution in [1.82, 2.24) is 0 Å². The molecule has 0 fully saturated rings. The Morgan fingerprint density at radius 3 is 2.76 bits per heavy atom. The van der Waals surface area contributed by atoms with Crippen LogP contribution in [0.25, 0.3) is 11.3 Å². The zero-order valence-electron chi connectivity index (χ0n) is 11.2. The van der Waals surface area contributed by atoms with Gasteiger partial charge in [0.15, 0.2) is 0 Å². The van der Waals surface area contributed by atoms with Gasteiger partial charge in [-0.05, 0) is 49.4 Å². The number of aryl methyl sites for hydroxylation is 1. The summed E-state index contributed by atoms with van der Waals surface area (Å²) >= 11 is 1.37. The van der Waals surface area contributed by atoms with Crippen molar-refractivity contribution in [3.05, 3.63) is 64.3 Å². The average Bonchev–Trinajstić information content (AvgIpc) is 3.12. The first kappa shape index (κ1) is 13.6. The SMILES string of the molecule is Cc1ccc(C(=O)Nc2cc(-c3ccco3)ccc2F)s1. The van der Waals surface area contributed by atoms with Gasteiger partial charge in [-0.3, -0.25) is 4.79 Å². The highest BCUT2D eigenvalue weighted by atomic mass is 32.1. The molecule has 1 aromatic carbocycles. The standard InChI is InChI=1S/C16H12FNO2S/c1-10-4-7-15(21-10)16(19)18-13-9-11(5-6-12(13)17)14-3-2-8-20-14/h2-9H,1H3,(H,18,19). The van der Waals surface area contributed by atoms with Crippen LogP contribution in [0.2, 0.25) is 0 Å². The lowest BCUT2D eigenvalue weighted by molar-refractivity contribution is 0.103. The van der Waals surface area contributed by atoms with Crippen molar-refractivity contribution < 1.29 is 13.6 Å². The Hall–Kier alpha value is -2.40. The molecular weight excluding hydrogens is 289 g/mol. The molecule has 3 rings (SSSR count). The molecule has 106 valence electrons. The normalized spacial score (nSPS) is 10.6. The van der Waals surface area contributed by atoms with Crippen molar-refractivity contribution >= 4 is 22.9 Å². The van der Waals surface area contributed by atoms with Gasteiger partial charge in [0, 0.05) is 10.4 Å². The highest BCUT2D eigenvalue weighted by molar-refractivity contribution is 7.14. The Balaban J connectivity index is 1.88. The number of benzene rings is 1. The first-order valence-electron chi connectivity index (χ1n) is 6.35. The minimum atomic E-state index is -0.480. The molecule has 1 N–H and O–H groups in total. The van der Waals surface area contributed by atoms with Gasteiger partial charge in [0.1, 0.15) is 11.6 Å². The molecule has 0 saturated carbocycles. The van der Waals surface area contributed by atoms with E-state index in [1.165, 1.54) is 17.4 Å². The van der Waals surface area contributed by atoms with Gasteiger partial charge >= 0.3 is 0 Å². The second kappa shape index (κ2) is 5.54. The number of amides is 1. The minimum absolute atomic E-state index is 0.139. The van der Waals surface area contributed by atoms with Gasteiger partial charge < -0.3 is 9.73 Å². The zero-order valence-corrected chi connectivity index (χ0v) is 12.0. The first-order chi connectivity index (χ1) is 10.1. The average molecular weight is 301 g/mol. The van der Waals surface area contributed by atoms with Gasteiger partial charge in [-0.15, -0.1) is 11.3 Å². The molecule has 3 nitrogen and oxygen atoms in total. The van der Waals surface area contributed by atoms with Crippen LogP contribution in [0, 0.1) is 12.7 Å². The third-order valence-electron chi connectivity index (χ3n) is 2.98. The number of rotatable bonds is 3. The number of carbonyl (C=O) groups excluding carboxylic acids is 1. The van der Waals surface area contributed by atoms with E-state index in [1.54, 1.807) is 36.6 Å². The molecule has 2 aromatic heterocycles. The number of hydrogen-bond acceptors (Lipinski definition) is 3. The monoisotopic (exact) mass is 301 g/mol. The van der Waals surface area contributed by atoms with Crippen LogP contribution in [-0.2, 0) is 0 Å². The summed E-state index contributed by atoms with van der Waals surface area (Å²) in [4.78, 5) is 13.7. The molecule has 2 heterocycles. The number of halogens is 1. The Morgan fingerprint density at radius 2 is 2.10 bits per heavy atom. The van der Waals surface area contributed by atoms with Crippen LogP contribution in [0.3, 0.4) is 0 Å². The van der Waals surface area contributed by atoms with E-state index >= 15 is 0 Å². The lowest BCUT2D eigenvalue weighted by Gasteiger charge is -2.07. The van der Waals surface area contributed by atoms with Crippen LogP contribution in [0.15, 0.2) is 53.1 Å². The van der Waals surface area contributed by atoms with E-state index in [0.29, 0.717) is 16.2 Å². The van der Waals surface area contributed by atoms with Crippen LogP contribution >= 0.6 is 11.3 Å². The van der Waals surface area contributed by atoms with Crippen molar-refractivity contribution in [2.45, 2.75) is 6.92 Å². The molecule has 0 aliphatic carbocycles. The summed E-state index contributed by atoms with van der Waals surface area (Å²) in [6, 6.07) is 11.6. The molecule has 0 radical (unpaired) electrons. The summed E-state index contributed by atoms with van der Waals surface area (Å²) in [5.74, 6) is -0.173. The molecule has 0 unspecified atom stereocenters. The van der Waals surface area contributed by atoms with Crippen molar-refractivity contribution in [3.63, 3.8) is 0 Å². The number of anilines is 1. The van der Waals surface area contributed by atoms with Gasteiger partial charge in [0.2, 0.25) is 0 Å². The summed E-state index contributed by atoms with van der Waals surface area (Å²) in [7, 11) is 0. The van der Waals surface area contributed by atoms with Gasteiger partial charge in [-0.1, -0.05) is 0 Å². The van der Waals surface area contributed by atoms with Crippen molar-refractivity contribution in [2.24, 2.45) is 0 Å². The second-order valence-electron chi connectivity index (χ2n) is 4.54.